The third-order valence-corrected chi connectivity index (χ3v) is 9.18. The van der Waals surface area contributed by atoms with E-state index in [1.54, 1.807) is 49.8 Å². The number of hydrogen-bond acceptors (Lipinski definition) is 7. The number of ether oxygens (including phenoxy) is 2. The fraction of sp³-hybridized carbons (Fsp3) is 0.348. The first-order valence-electron chi connectivity index (χ1n) is 10.3. The molecule has 9 heteroatoms. The molecule has 170 valence electrons. The van der Waals surface area contributed by atoms with Gasteiger partial charge in [0.15, 0.2) is 15.0 Å². The molecule has 32 heavy (non-hydrogen) atoms. The molecule has 0 atom stereocenters. The van der Waals surface area contributed by atoms with E-state index < -0.39 is 9.84 Å². The zero-order valence-electron chi connectivity index (χ0n) is 18.0. The van der Waals surface area contributed by atoms with Crippen molar-refractivity contribution in [1.82, 2.24) is 4.98 Å². The Morgan fingerprint density at radius 3 is 2.47 bits per heavy atom. The van der Waals surface area contributed by atoms with Crippen LogP contribution in [0.4, 0.5) is 5.13 Å². The Morgan fingerprint density at radius 1 is 1.09 bits per heavy atom. The summed E-state index contributed by atoms with van der Waals surface area (Å²) in [7, 11) is -0.0840. The van der Waals surface area contributed by atoms with Crippen LogP contribution in [0.2, 0.25) is 5.02 Å². The van der Waals surface area contributed by atoms with Crippen LogP contribution in [0, 0.1) is 0 Å². The standard InChI is InChI=1S/C23H25ClN2O4S2/c1-29-19-6-3-16(22(14-19)30-2)13-18-15-31-23(25-18)26-11-9-21(10-12-26)32(27,28)20-7-4-17(24)5-8-20/h3-8,14-15,21H,9-13H2,1-2H3. The van der Waals surface area contributed by atoms with Crippen molar-refractivity contribution in [1.29, 1.82) is 0 Å². The topological polar surface area (TPSA) is 68.7 Å². The Morgan fingerprint density at radius 2 is 1.81 bits per heavy atom. The van der Waals surface area contributed by atoms with Gasteiger partial charge in [-0.3, -0.25) is 0 Å². The van der Waals surface area contributed by atoms with Gasteiger partial charge in [-0.05, 0) is 43.2 Å². The molecule has 0 N–H and O–H groups in total. The Kier molecular flexibility index (Phi) is 6.93. The minimum Gasteiger partial charge on any atom is -0.497 e. The zero-order chi connectivity index (χ0) is 22.7. The minimum atomic E-state index is -3.36. The van der Waals surface area contributed by atoms with Gasteiger partial charge in [0.1, 0.15) is 11.5 Å². The number of halogens is 1. The van der Waals surface area contributed by atoms with Crippen LogP contribution in [-0.4, -0.2) is 46.0 Å². The van der Waals surface area contributed by atoms with E-state index in [2.05, 4.69) is 10.3 Å². The van der Waals surface area contributed by atoms with Crippen LogP contribution in [0.3, 0.4) is 0 Å². The summed E-state index contributed by atoms with van der Waals surface area (Å²) >= 11 is 7.49. The average Bonchev–Trinajstić information content (AvgIpc) is 3.28. The normalized spacial score (nSPS) is 15.0. The Balaban J connectivity index is 1.41. The summed E-state index contributed by atoms with van der Waals surface area (Å²) < 4.78 is 36.7. The van der Waals surface area contributed by atoms with E-state index in [4.69, 9.17) is 26.1 Å². The molecule has 1 aromatic heterocycles. The quantitative estimate of drug-likeness (QED) is 0.469. The number of piperidine rings is 1. The lowest BCUT2D eigenvalue weighted by Crippen LogP contribution is -2.39. The molecule has 0 radical (unpaired) electrons. The van der Waals surface area contributed by atoms with E-state index in [9.17, 15) is 8.42 Å². The van der Waals surface area contributed by atoms with Gasteiger partial charge in [-0.1, -0.05) is 17.7 Å². The van der Waals surface area contributed by atoms with Gasteiger partial charge in [-0.25, -0.2) is 13.4 Å². The lowest BCUT2D eigenvalue weighted by molar-refractivity contribution is 0.391. The summed E-state index contributed by atoms with van der Waals surface area (Å²) in [6, 6.07) is 12.2. The summed E-state index contributed by atoms with van der Waals surface area (Å²) in [4.78, 5) is 7.31. The number of benzene rings is 2. The predicted octanol–water partition coefficient (Wildman–Crippen LogP) is 4.85. The smallest absolute Gasteiger partial charge is 0.185 e. The highest BCUT2D eigenvalue weighted by molar-refractivity contribution is 7.92. The minimum absolute atomic E-state index is 0.338. The van der Waals surface area contributed by atoms with Crippen molar-refractivity contribution in [3.63, 3.8) is 0 Å². The maximum atomic E-state index is 13.0. The molecule has 2 aromatic carbocycles. The highest BCUT2D eigenvalue weighted by Crippen LogP contribution is 2.31. The first-order chi connectivity index (χ1) is 15.4. The average molecular weight is 493 g/mol. The fourth-order valence-corrected chi connectivity index (χ4v) is 6.63. The third kappa shape index (κ3) is 4.87. The highest BCUT2D eigenvalue weighted by Gasteiger charge is 2.32. The molecular weight excluding hydrogens is 468 g/mol. The second-order valence-electron chi connectivity index (χ2n) is 7.66. The number of aromatic nitrogens is 1. The first kappa shape index (κ1) is 22.9. The van der Waals surface area contributed by atoms with E-state index in [0.717, 1.165) is 27.9 Å². The van der Waals surface area contributed by atoms with E-state index in [-0.39, 0.29) is 5.25 Å². The van der Waals surface area contributed by atoms with Crippen LogP contribution in [0.5, 0.6) is 11.5 Å². The van der Waals surface area contributed by atoms with Crippen molar-refractivity contribution in [2.75, 3.05) is 32.2 Å². The molecule has 1 fully saturated rings. The summed E-state index contributed by atoms with van der Waals surface area (Å²) in [6.07, 6.45) is 1.81. The summed E-state index contributed by atoms with van der Waals surface area (Å²) in [5.74, 6) is 1.52. The van der Waals surface area contributed by atoms with E-state index in [1.807, 2.05) is 18.2 Å². The van der Waals surface area contributed by atoms with Crippen molar-refractivity contribution < 1.29 is 17.9 Å². The maximum Gasteiger partial charge on any atom is 0.185 e. The Labute approximate surface area is 197 Å². The van der Waals surface area contributed by atoms with Gasteiger partial charge in [-0.2, -0.15) is 0 Å². The monoisotopic (exact) mass is 492 g/mol. The van der Waals surface area contributed by atoms with Crippen molar-refractivity contribution >= 4 is 37.9 Å². The van der Waals surface area contributed by atoms with E-state index >= 15 is 0 Å². The van der Waals surface area contributed by atoms with Crippen LogP contribution in [-0.2, 0) is 16.3 Å². The Hall–Kier alpha value is -2.29. The second kappa shape index (κ2) is 9.68. The van der Waals surface area contributed by atoms with Gasteiger partial charge < -0.3 is 14.4 Å². The van der Waals surface area contributed by atoms with Gasteiger partial charge in [0.2, 0.25) is 0 Å². The number of methoxy groups -OCH3 is 2. The van der Waals surface area contributed by atoms with Crippen molar-refractivity contribution in [2.45, 2.75) is 29.4 Å². The van der Waals surface area contributed by atoms with Crippen LogP contribution < -0.4 is 14.4 Å². The van der Waals surface area contributed by atoms with Gasteiger partial charge >= 0.3 is 0 Å². The van der Waals surface area contributed by atoms with Crippen molar-refractivity contribution in [3.8, 4) is 11.5 Å². The lowest BCUT2D eigenvalue weighted by Gasteiger charge is -2.31. The van der Waals surface area contributed by atoms with E-state index in [0.29, 0.717) is 42.3 Å². The number of rotatable bonds is 7. The second-order valence-corrected chi connectivity index (χ2v) is 11.2. The largest absolute Gasteiger partial charge is 0.497 e. The summed E-state index contributed by atoms with van der Waals surface area (Å²) in [5, 5.41) is 3.12. The van der Waals surface area contributed by atoms with Crippen LogP contribution in [0.15, 0.2) is 52.7 Å². The number of thiazole rings is 1. The molecule has 1 saturated heterocycles. The molecule has 1 aliphatic rings. The summed E-state index contributed by atoms with van der Waals surface area (Å²) in [6.45, 7) is 1.33. The number of sulfone groups is 1. The van der Waals surface area contributed by atoms with Gasteiger partial charge in [0.25, 0.3) is 0 Å². The maximum absolute atomic E-state index is 13.0. The SMILES string of the molecule is COc1ccc(Cc2csc(N3CCC(S(=O)(=O)c4ccc(Cl)cc4)CC3)n2)c(OC)c1. The molecule has 0 amide bonds. The fourth-order valence-electron chi connectivity index (χ4n) is 3.89. The third-order valence-electron chi connectivity index (χ3n) is 5.70. The van der Waals surface area contributed by atoms with Gasteiger partial charge in [0, 0.05) is 41.5 Å². The molecule has 2 heterocycles. The lowest BCUT2D eigenvalue weighted by atomic mass is 10.1. The van der Waals surface area contributed by atoms with Crippen LogP contribution in [0.25, 0.3) is 0 Å². The molecule has 0 unspecified atom stereocenters. The molecule has 0 aliphatic carbocycles. The summed E-state index contributed by atoms with van der Waals surface area (Å²) in [5.41, 5.74) is 2.00. The van der Waals surface area contributed by atoms with Crippen LogP contribution >= 0.6 is 22.9 Å². The van der Waals surface area contributed by atoms with Crippen molar-refractivity contribution in [3.05, 3.63) is 64.1 Å². The number of hydrogen-bond donors (Lipinski definition) is 0. The Bertz CT molecular complexity index is 1170. The van der Waals surface area contributed by atoms with Gasteiger partial charge in [-0.15, -0.1) is 11.3 Å². The molecule has 4 rings (SSSR count). The van der Waals surface area contributed by atoms with Crippen molar-refractivity contribution in [2.24, 2.45) is 0 Å². The predicted molar refractivity (Wildman–Crippen MR) is 128 cm³/mol. The van der Waals surface area contributed by atoms with E-state index in [1.165, 1.54) is 0 Å². The van der Waals surface area contributed by atoms with Crippen LogP contribution in [0.1, 0.15) is 24.1 Å². The number of anilines is 1. The molecule has 0 bridgehead atoms. The first-order valence-corrected chi connectivity index (χ1v) is 13.1. The molecule has 0 saturated carbocycles. The molecule has 6 nitrogen and oxygen atoms in total. The zero-order valence-corrected chi connectivity index (χ0v) is 20.3. The number of nitrogens with zero attached hydrogens (tertiary/aromatic N) is 2. The molecular formula is C23H25ClN2O4S2. The van der Waals surface area contributed by atoms with Gasteiger partial charge in [0.05, 0.1) is 30.1 Å². The molecule has 3 aromatic rings. The molecule has 1 aliphatic heterocycles. The molecule has 0 spiro atoms. The highest BCUT2D eigenvalue weighted by atomic mass is 35.5.